The summed E-state index contributed by atoms with van der Waals surface area (Å²) in [5, 5.41) is 12.6. The molecule has 2 aliphatic rings. The van der Waals surface area contributed by atoms with Gasteiger partial charge in [-0.15, -0.1) is 0 Å². The molecule has 102 valence electrons. The van der Waals surface area contributed by atoms with Gasteiger partial charge in [-0.1, -0.05) is 0 Å². The maximum atomic E-state index is 9.35. The Bertz CT molecular complexity index is 718. The van der Waals surface area contributed by atoms with Crippen LogP contribution in [0.5, 0.6) is 5.75 Å². The number of benzene rings is 1. The molecule has 0 saturated carbocycles. The number of hydrogen-bond acceptors (Lipinski definition) is 5. The van der Waals surface area contributed by atoms with Crippen LogP contribution in [0.15, 0.2) is 39.9 Å². The van der Waals surface area contributed by atoms with E-state index < -0.39 is 5.72 Å². The molecule has 2 aliphatic heterocycles. The highest BCUT2D eigenvalue weighted by Crippen LogP contribution is 2.47. The van der Waals surface area contributed by atoms with Crippen molar-refractivity contribution in [2.45, 2.75) is 19.6 Å². The van der Waals surface area contributed by atoms with Crippen LogP contribution in [-0.2, 0) is 4.74 Å². The number of allylic oxidation sites excluding steroid dienone is 1. The fourth-order valence-corrected chi connectivity index (χ4v) is 3.08. The molecular formula is C14H12BrN3O2. The molecule has 1 spiro atoms. The lowest BCUT2D eigenvalue weighted by Crippen LogP contribution is -2.44. The first-order valence-corrected chi connectivity index (χ1v) is 6.79. The SMILES string of the molecule is CC1=C[C@@]2(Nc3cc(C)cc(Br)c3O2)C(C#N)=C(N)O1. The van der Waals surface area contributed by atoms with Gasteiger partial charge >= 0.3 is 0 Å². The zero-order valence-electron chi connectivity index (χ0n) is 11.0. The monoisotopic (exact) mass is 333 g/mol. The number of nitrogens with one attached hydrogen (secondary N) is 1. The first kappa shape index (κ1) is 12.9. The average Bonchev–Trinajstić information content (AvgIpc) is 2.67. The minimum atomic E-state index is -1.10. The standard InChI is InChI=1S/C14H12BrN3O2/c1-7-3-10(15)12-11(4-7)18-14(20-12)5-8(2)19-13(17)9(14)6-16/h3-5,18H,17H2,1-2H3/t14-/m0/s1. The predicted octanol–water partition coefficient (Wildman–Crippen LogP) is 2.89. The largest absolute Gasteiger partial charge is 0.456 e. The van der Waals surface area contributed by atoms with Gasteiger partial charge in [0.05, 0.1) is 10.2 Å². The van der Waals surface area contributed by atoms with Gasteiger partial charge in [0.1, 0.15) is 11.8 Å². The minimum absolute atomic E-state index is 0.0562. The number of rotatable bonds is 0. The van der Waals surface area contributed by atoms with Gasteiger partial charge in [0, 0.05) is 6.08 Å². The Labute approximate surface area is 124 Å². The molecule has 2 heterocycles. The van der Waals surface area contributed by atoms with E-state index in [9.17, 15) is 5.26 Å². The van der Waals surface area contributed by atoms with Gasteiger partial charge in [-0.3, -0.25) is 0 Å². The molecule has 6 heteroatoms. The molecule has 5 nitrogen and oxygen atoms in total. The van der Waals surface area contributed by atoms with Gasteiger partial charge in [0.15, 0.2) is 11.3 Å². The molecule has 1 aromatic carbocycles. The van der Waals surface area contributed by atoms with Gasteiger partial charge < -0.3 is 20.5 Å². The molecule has 0 unspecified atom stereocenters. The van der Waals surface area contributed by atoms with Crippen LogP contribution in [0.2, 0.25) is 0 Å². The van der Waals surface area contributed by atoms with E-state index >= 15 is 0 Å². The fraction of sp³-hybridized carbons (Fsp3) is 0.214. The maximum absolute atomic E-state index is 9.35. The van der Waals surface area contributed by atoms with Crippen LogP contribution < -0.4 is 15.8 Å². The minimum Gasteiger partial charge on any atom is -0.456 e. The molecule has 0 radical (unpaired) electrons. The highest BCUT2D eigenvalue weighted by Gasteiger charge is 2.46. The summed E-state index contributed by atoms with van der Waals surface area (Å²) in [7, 11) is 0. The number of anilines is 1. The number of halogens is 1. The lowest BCUT2D eigenvalue weighted by molar-refractivity contribution is 0.174. The van der Waals surface area contributed by atoms with E-state index in [1.54, 1.807) is 13.0 Å². The number of hydrogen-bond donors (Lipinski definition) is 2. The summed E-state index contributed by atoms with van der Waals surface area (Å²) in [6, 6.07) is 5.97. The van der Waals surface area contributed by atoms with Crippen LogP contribution in [0.4, 0.5) is 5.69 Å². The zero-order valence-corrected chi connectivity index (χ0v) is 12.5. The molecule has 1 aromatic rings. The molecule has 3 N–H and O–H groups in total. The van der Waals surface area contributed by atoms with Gasteiger partial charge in [0.2, 0.25) is 11.6 Å². The van der Waals surface area contributed by atoms with E-state index in [1.807, 2.05) is 19.1 Å². The van der Waals surface area contributed by atoms with Crippen LogP contribution in [0.3, 0.4) is 0 Å². The number of ether oxygens (including phenoxy) is 2. The molecule has 0 aromatic heterocycles. The molecule has 0 aliphatic carbocycles. The van der Waals surface area contributed by atoms with Crippen LogP contribution in [0.1, 0.15) is 12.5 Å². The van der Waals surface area contributed by atoms with Crippen LogP contribution in [-0.4, -0.2) is 5.72 Å². The summed E-state index contributed by atoms with van der Waals surface area (Å²) in [5.41, 5.74) is 6.80. The Hall–Kier alpha value is -2.13. The molecule has 0 saturated heterocycles. The van der Waals surface area contributed by atoms with E-state index in [2.05, 4.69) is 27.3 Å². The van der Waals surface area contributed by atoms with Crippen molar-refractivity contribution < 1.29 is 9.47 Å². The zero-order chi connectivity index (χ0) is 14.5. The second-order valence-corrected chi connectivity index (χ2v) is 5.65. The number of nitrogens with zero attached hydrogens (tertiary/aromatic N) is 1. The van der Waals surface area contributed by atoms with E-state index in [0.717, 1.165) is 15.7 Å². The lowest BCUT2D eigenvalue weighted by Gasteiger charge is -2.30. The van der Waals surface area contributed by atoms with Crippen molar-refractivity contribution in [3.63, 3.8) is 0 Å². The second kappa shape index (κ2) is 4.18. The Morgan fingerprint density at radius 1 is 1.40 bits per heavy atom. The molecule has 0 bridgehead atoms. The van der Waals surface area contributed by atoms with Gasteiger partial charge in [-0.05, 0) is 47.5 Å². The first-order chi connectivity index (χ1) is 9.45. The highest BCUT2D eigenvalue weighted by molar-refractivity contribution is 9.10. The quantitative estimate of drug-likeness (QED) is 0.763. The Morgan fingerprint density at radius 2 is 2.15 bits per heavy atom. The summed E-state index contributed by atoms with van der Waals surface area (Å²) in [4.78, 5) is 0. The van der Waals surface area contributed by atoms with E-state index in [0.29, 0.717) is 11.5 Å². The number of fused-ring (bicyclic) bond motifs is 1. The highest BCUT2D eigenvalue weighted by atomic mass is 79.9. The Balaban J connectivity index is 2.15. The lowest BCUT2D eigenvalue weighted by atomic mass is 10.0. The molecule has 20 heavy (non-hydrogen) atoms. The third-order valence-corrected chi connectivity index (χ3v) is 3.77. The van der Waals surface area contributed by atoms with Crippen molar-refractivity contribution in [3.8, 4) is 11.8 Å². The topological polar surface area (TPSA) is 80.3 Å². The van der Waals surface area contributed by atoms with Gasteiger partial charge in [0.25, 0.3) is 0 Å². The molecule has 1 atom stereocenters. The third-order valence-electron chi connectivity index (χ3n) is 3.18. The van der Waals surface area contributed by atoms with Crippen LogP contribution >= 0.6 is 15.9 Å². The third kappa shape index (κ3) is 1.74. The smallest absolute Gasteiger partial charge is 0.245 e. The molecule has 3 rings (SSSR count). The summed E-state index contributed by atoms with van der Waals surface area (Å²) in [6.07, 6.45) is 1.71. The fourth-order valence-electron chi connectivity index (χ4n) is 2.42. The van der Waals surface area contributed by atoms with Crippen molar-refractivity contribution in [2.75, 3.05) is 5.32 Å². The number of nitriles is 1. The van der Waals surface area contributed by atoms with Gasteiger partial charge in [-0.25, -0.2) is 0 Å². The van der Waals surface area contributed by atoms with Crippen molar-refractivity contribution in [1.82, 2.24) is 0 Å². The van der Waals surface area contributed by atoms with Crippen LogP contribution in [0.25, 0.3) is 0 Å². The maximum Gasteiger partial charge on any atom is 0.245 e. The molecular weight excluding hydrogens is 322 g/mol. The second-order valence-electron chi connectivity index (χ2n) is 4.79. The number of aryl methyl sites for hydroxylation is 1. The normalized spacial score (nSPS) is 23.4. The van der Waals surface area contributed by atoms with Crippen LogP contribution in [0, 0.1) is 18.3 Å². The van der Waals surface area contributed by atoms with E-state index in [-0.39, 0.29) is 11.5 Å². The van der Waals surface area contributed by atoms with E-state index in [1.165, 1.54) is 0 Å². The first-order valence-electron chi connectivity index (χ1n) is 6.00. The summed E-state index contributed by atoms with van der Waals surface area (Å²) < 4.78 is 12.1. The van der Waals surface area contributed by atoms with Gasteiger partial charge in [-0.2, -0.15) is 5.26 Å². The molecule has 0 fully saturated rings. The van der Waals surface area contributed by atoms with Crippen molar-refractivity contribution in [3.05, 3.63) is 45.5 Å². The predicted molar refractivity (Wildman–Crippen MR) is 77.5 cm³/mol. The average molecular weight is 334 g/mol. The molecule has 0 amide bonds. The van der Waals surface area contributed by atoms with Crippen molar-refractivity contribution in [2.24, 2.45) is 5.73 Å². The Kier molecular flexibility index (Phi) is 2.69. The van der Waals surface area contributed by atoms with Crippen molar-refractivity contribution in [1.29, 1.82) is 5.26 Å². The van der Waals surface area contributed by atoms with Crippen molar-refractivity contribution >= 4 is 21.6 Å². The van der Waals surface area contributed by atoms with E-state index in [4.69, 9.17) is 15.2 Å². The Morgan fingerprint density at radius 3 is 2.85 bits per heavy atom. The number of nitrogens with two attached hydrogens (primary N) is 1. The summed E-state index contributed by atoms with van der Waals surface area (Å²) in [6.45, 7) is 3.75. The summed E-state index contributed by atoms with van der Waals surface area (Å²) >= 11 is 3.47. The summed E-state index contributed by atoms with van der Waals surface area (Å²) in [5.74, 6) is 1.29.